The molecule has 0 aliphatic rings. The molecule has 0 atom stereocenters. The molecule has 1 heterocycles. The maximum absolute atomic E-state index is 13.1. The highest BCUT2D eigenvalue weighted by atomic mass is 19.1. The highest BCUT2D eigenvalue weighted by molar-refractivity contribution is 5.79. The first-order valence-electron chi connectivity index (χ1n) is 5.20. The lowest BCUT2D eigenvalue weighted by atomic mass is 10.1. The summed E-state index contributed by atoms with van der Waals surface area (Å²) < 4.78 is 13.9. The minimum absolute atomic E-state index is 0.0469. The molecular formula is C12H13FN2O. The second-order valence-corrected chi connectivity index (χ2v) is 4.17. The van der Waals surface area contributed by atoms with Crippen LogP contribution in [0.4, 0.5) is 4.39 Å². The van der Waals surface area contributed by atoms with Crippen LogP contribution >= 0.6 is 0 Å². The summed E-state index contributed by atoms with van der Waals surface area (Å²) in [6, 6.07) is 4.30. The van der Waals surface area contributed by atoms with Gasteiger partial charge in [0.2, 0.25) is 0 Å². The van der Waals surface area contributed by atoms with E-state index in [2.05, 4.69) is 4.98 Å². The first kappa shape index (κ1) is 10.8. The van der Waals surface area contributed by atoms with Gasteiger partial charge in [0, 0.05) is 0 Å². The van der Waals surface area contributed by atoms with Crippen LogP contribution in [0.25, 0.3) is 10.9 Å². The monoisotopic (exact) mass is 220 g/mol. The molecule has 2 aromatic rings. The first-order valence-corrected chi connectivity index (χ1v) is 5.20. The van der Waals surface area contributed by atoms with Gasteiger partial charge in [0.1, 0.15) is 11.5 Å². The van der Waals surface area contributed by atoms with E-state index in [0.29, 0.717) is 22.4 Å². The highest BCUT2D eigenvalue weighted by Crippen LogP contribution is 2.18. The third-order valence-corrected chi connectivity index (χ3v) is 2.61. The molecule has 0 bridgehead atoms. The third-order valence-electron chi connectivity index (χ3n) is 2.61. The second-order valence-electron chi connectivity index (χ2n) is 4.17. The summed E-state index contributed by atoms with van der Waals surface area (Å²) in [5.74, 6) is 0.164. The van der Waals surface area contributed by atoms with E-state index in [4.69, 9.17) is 0 Å². The molecule has 0 aliphatic heterocycles. The van der Waals surface area contributed by atoms with Gasteiger partial charge in [0.15, 0.2) is 5.52 Å². The molecule has 0 N–H and O–H groups in total. The fourth-order valence-corrected chi connectivity index (χ4v) is 1.71. The van der Waals surface area contributed by atoms with Crippen molar-refractivity contribution in [3.8, 4) is 0 Å². The fraction of sp³-hybridized carbons (Fsp3) is 0.333. The zero-order chi connectivity index (χ0) is 11.9. The van der Waals surface area contributed by atoms with Gasteiger partial charge >= 0.3 is 5.82 Å². The van der Waals surface area contributed by atoms with Gasteiger partial charge in [-0.3, -0.25) is 0 Å². The maximum Gasteiger partial charge on any atom is 0.304 e. The Morgan fingerprint density at radius 2 is 2.06 bits per heavy atom. The van der Waals surface area contributed by atoms with E-state index in [1.165, 1.54) is 12.1 Å². The minimum Gasteiger partial charge on any atom is -0.711 e. The topological polar surface area (TPSA) is 39.8 Å². The molecule has 1 aromatic heterocycles. The van der Waals surface area contributed by atoms with Crippen LogP contribution in [0, 0.1) is 17.9 Å². The molecule has 0 saturated heterocycles. The van der Waals surface area contributed by atoms with E-state index in [0.717, 1.165) is 4.73 Å². The Hall–Kier alpha value is -1.71. The average molecular weight is 220 g/mol. The number of benzene rings is 1. The molecule has 0 aliphatic carbocycles. The van der Waals surface area contributed by atoms with Gasteiger partial charge in [0.25, 0.3) is 0 Å². The zero-order valence-corrected chi connectivity index (χ0v) is 9.49. The van der Waals surface area contributed by atoms with Gasteiger partial charge < -0.3 is 5.21 Å². The number of rotatable bonds is 1. The van der Waals surface area contributed by atoms with Crippen molar-refractivity contribution in [3.05, 3.63) is 40.7 Å². The highest BCUT2D eigenvalue weighted by Gasteiger charge is 2.18. The summed E-state index contributed by atoms with van der Waals surface area (Å²) >= 11 is 0. The molecule has 0 spiro atoms. The number of hydrogen-bond acceptors (Lipinski definition) is 2. The second kappa shape index (κ2) is 3.70. The van der Waals surface area contributed by atoms with E-state index < -0.39 is 0 Å². The standard InChI is InChI=1S/C12H13FN2O/c1-7(2)12-14-11-5-4-9(13)6-10(11)8(3)15(12)16/h4-7H,1-3H3. The molecule has 1 aromatic carbocycles. The molecule has 0 radical (unpaired) electrons. The first-order chi connectivity index (χ1) is 7.50. The Morgan fingerprint density at radius 1 is 1.38 bits per heavy atom. The number of aromatic nitrogens is 2. The Bertz CT molecular complexity index is 552. The molecule has 0 fully saturated rings. The van der Waals surface area contributed by atoms with Crippen LogP contribution in [-0.2, 0) is 0 Å². The van der Waals surface area contributed by atoms with Crippen molar-refractivity contribution < 1.29 is 9.12 Å². The van der Waals surface area contributed by atoms with Gasteiger partial charge in [-0.15, -0.1) is 0 Å². The number of hydrogen-bond donors (Lipinski definition) is 0. The van der Waals surface area contributed by atoms with Crippen molar-refractivity contribution in [3.63, 3.8) is 0 Å². The van der Waals surface area contributed by atoms with Gasteiger partial charge in [-0.2, -0.15) is 0 Å². The predicted octanol–water partition coefficient (Wildman–Crippen LogP) is 2.44. The van der Waals surface area contributed by atoms with Crippen LogP contribution in [0.3, 0.4) is 0 Å². The van der Waals surface area contributed by atoms with Crippen LogP contribution in [0.1, 0.15) is 31.3 Å². The molecule has 4 heteroatoms. The molecule has 0 amide bonds. The number of nitrogens with zero attached hydrogens (tertiary/aromatic N) is 2. The SMILES string of the molecule is Cc1c2cc(F)ccc2nc(C(C)C)[n+]1[O-]. The van der Waals surface area contributed by atoms with Gasteiger partial charge in [-0.05, 0) is 30.1 Å². The van der Waals surface area contributed by atoms with Crippen LogP contribution in [0.5, 0.6) is 0 Å². The average Bonchev–Trinajstić information content (AvgIpc) is 2.23. The van der Waals surface area contributed by atoms with Crippen molar-refractivity contribution in [1.82, 2.24) is 4.98 Å². The van der Waals surface area contributed by atoms with Crippen molar-refractivity contribution in [2.45, 2.75) is 26.7 Å². The number of halogens is 1. The largest absolute Gasteiger partial charge is 0.711 e. The third kappa shape index (κ3) is 1.60. The number of fused-ring (bicyclic) bond motifs is 1. The van der Waals surface area contributed by atoms with Gasteiger partial charge in [-0.1, -0.05) is 13.8 Å². The molecule has 3 nitrogen and oxygen atoms in total. The Labute approximate surface area is 93.1 Å². The maximum atomic E-state index is 13.1. The van der Waals surface area contributed by atoms with E-state index in [1.807, 2.05) is 13.8 Å². The van der Waals surface area contributed by atoms with Crippen LogP contribution in [0.15, 0.2) is 18.2 Å². The zero-order valence-electron chi connectivity index (χ0n) is 9.49. The van der Waals surface area contributed by atoms with Crippen molar-refractivity contribution in [2.24, 2.45) is 0 Å². The van der Waals surface area contributed by atoms with Crippen LogP contribution < -0.4 is 4.73 Å². The molecular weight excluding hydrogens is 207 g/mol. The lowest BCUT2D eigenvalue weighted by Crippen LogP contribution is -2.37. The van der Waals surface area contributed by atoms with E-state index in [1.54, 1.807) is 13.0 Å². The molecule has 2 rings (SSSR count). The predicted molar refractivity (Wildman–Crippen MR) is 59.5 cm³/mol. The van der Waals surface area contributed by atoms with Gasteiger partial charge in [0.05, 0.1) is 11.3 Å². The van der Waals surface area contributed by atoms with E-state index in [9.17, 15) is 9.60 Å². The van der Waals surface area contributed by atoms with Crippen molar-refractivity contribution in [1.29, 1.82) is 0 Å². The molecule has 0 unspecified atom stereocenters. The summed E-state index contributed by atoms with van der Waals surface area (Å²) in [5, 5.41) is 12.4. The summed E-state index contributed by atoms with van der Waals surface area (Å²) in [4.78, 5) is 4.26. The summed E-state index contributed by atoms with van der Waals surface area (Å²) in [5.41, 5.74) is 1.16. The molecule has 0 saturated carbocycles. The van der Waals surface area contributed by atoms with Crippen LogP contribution in [0.2, 0.25) is 0 Å². The van der Waals surface area contributed by atoms with Gasteiger partial charge in [-0.25, -0.2) is 9.12 Å². The summed E-state index contributed by atoms with van der Waals surface area (Å²) in [6.07, 6.45) is 0. The van der Waals surface area contributed by atoms with E-state index in [-0.39, 0.29) is 11.7 Å². The lowest BCUT2D eigenvalue weighted by Gasteiger charge is -2.12. The fourth-order valence-electron chi connectivity index (χ4n) is 1.71. The quantitative estimate of drug-likeness (QED) is 0.547. The van der Waals surface area contributed by atoms with Crippen molar-refractivity contribution >= 4 is 10.9 Å². The lowest BCUT2D eigenvalue weighted by molar-refractivity contribution is -0.623. The minimum atomic E-state index is -0.352. The Balaban J connectivity index is 2.83. The number of aryl methyl sites for hydroxylation is 1. The normalized spacial score (nSPS) is 11.3. The Kier molecular flexibility index (Phi) is 2.50. The molecule has 16 heavy (non-hydrogen) atoms. The van der Waals surface area contributed by atoms with Crippen molar-refractivity contribution in [2.75, 3.05) is 0 Å². The summed E-state index contributed by atoms with van der Waals surface area (Å²) in [6.45, 7) is 5.50. The smallest absolute Gasteiger partial charge is 0.304 e. The summed E-state index contributed by atoms with van der Waals surface area (Å²) in [7, 11) is 0. The van der Waals surface area contributed by atoms with Crippen LogP contribution in [-0.4, -0.2) is 4.98 Å². The Morgan fingerprint density at radius 3 is 2.69 bits per heavy atom. The molecule has 84 valence electrons. The van der Waals surface area contributed by atoms with E-state index >= 15 is 0 Å².